The molecule has 2 heterocycles. The Balaban J connectivity index is 1.18. The van der Waals surface area contributed by atoms with E-state index in [0.717, 1.165) is 0 Å². The topological polar surface area (TPSA) is 435 Å². The van der Waals surface area contributed by atoms with Crippen LogP contribution in [-0.4, -0.2) is 164 Å². The van der Waals surface area contributed by atoms with E-state index in [0.29, 0.717) is 75.6 Å². The molecule has 0 saturated carbocycles. The van der Waals surface area contributed by atoms with Crippen LogP contribution in [0.5, 0.6) is 5.75 Å². The molecule has 0 fully saturated rings. The summed E-state index contributed by atoms with van der Waals surface area (Å²) in [5.41, 5.74) is 1.86. The van der Waals surface area contributed by atoms with E-state index in [9.17, 15) is 92.9 Å². The molecule has 0 radical (unpaired) electrons. The van der Waals surface area contributed by atoms with Gasteiger partial charge in [0.25, 0.3) is 40.5 Å². The van der Waals surface area contributed by atoms with E-state index in [4.69, 9.17) is 14.6 Å². The SMILES string of the molecule is CC1(C)C(/C=C/C2=C(Oc3ccc(C[C@H](NC(=O)CCOCCNc4c(F)c(S(N)(=O)=O)c(F)c(F)c4S(=O)(=O)CCO)C(=O)O)cc3)C(=C/C=C3/N(CCCCS(=O)(=O)O)c4ccc(S(=O)(=O)O)cc4C3(C)C)/CCC2)=[N+](CCCCS(=O)(=O)O)c2ccc(S(=O)(=O)O)cc21. The molecule has 36 heteroatoms. The summed E-state index contributed by atoms with van der Waals surface area (Å²) in [4.78, 5) is 23.2. The summed E-state index contributed by atoms with van der Waals surface area (Å²) >= 11 is 0. The molecule has 7 rings (SSSR count). The second-order valence-electron chi connectivity index (χ2n) is 23.8. The standard InChI is InChI=1S/C60H72F3N5O22S6/c1-59(2)43-35-41(95(83,84)85)18-20-46(43)67(26-5-7-31-92(75,76)77)48(59)22-14-38-10-9-11-39(15-23-49-60(3,4)44-36-42(96(86,87)88)19-21-47(44)68(49)27-6-8-32-93(78,79)80)55(38)90-40-16-12-37(13-17-40)34-45(58(71)72)66-50(70)24-29-89-30-25-65-54-53(63)56(94(64,81)82)51(61)52(62)57(54)91(73,74)33-28-69/h12-23,35-36,45,65,69H,5-11,24-34H2,1-4H3,(H7-,64,66,70,71,72,75,76,77,78,79,80,81,82,83,84,85,86,87,88)/p+1/t45-/m0/s1. The summed E-state index contributed by atoms with van der Waals surface area (Å²) in [6.07, 6.45) is 8.54. The molecule has 0 spiro atoms. The number of carbonyl (C=O) groups is 2. The number of nitrogens with two attached hydrogens (primary N) is 1. The van der Waals surface area contributed by atoms with Crippen molar-refractivity contribution in [2.45, 2.75) is 122 Å². The third-order valence-electron chi connectivity index (χ3n) is 16.2. The Kier molecular flexibility index (Phi) is 23.9. The molecule has 27 nitrogen and oxygen atoms in total. The smallest absolute Gasteiger partial charge is 0.326 e. The minimum atomic E-state index is -5.29. The number of allylic oxidation sites excluding steroid dienone is 7. The average Bonchev–Trinajstić information content (AvgIpc) is 1.42. The van der Waals surface area contributed by atoms with Crippen LogP contribution < -0.4 is 25.4 Å². The van der Waals surface area contributed by atoms with E-state index < -0.39 is 172 Å². The number of carboxylic acids is 1. The highest BCUT2D eigenvalue weighted by Crippen LogP contribution is 2.49. The van der Waals surface area contributed by atoms with E-state index in [1.165, 1.54) is 36.4 Å². The first kappa shape index (κ1) is 76.4. The third-order valence-corrected chi connectivity index (χ3v) is 22.1. The van der Waals surface area contributed by atoms with Gasteiger partial charge in [0.15, 0.2) is 37.9 Å². The predicted octanol–water partition coefficient (Wildman–Crippen LogP) is 6.03. The lowest BCUT2D eigenvalue weighted by atomic mass is 9.81. The maximum Gasteiger partial charge on any atom is 0.326 e. The molecule has 4 aromatic rings. The van der Waals surface area contributed by atoms with Gasteiger partial charge in [0.2, 0.25) is 21.6 Å². The first-order valence-corrected chi connectivity index (χ1v) is 38.8. The van der Waals surface area contributed by atoms with E-state index in [-0.39, 0.29) is 60.7 Å². The van der Waals surface area contributed by atoms with Crippen LogP contribution in [0.1, 0.15) is 95.8 Å². The number of aliphatic hydroxyl groups is 1. The van der Waals surface area contributed by atoms with Crippen molar-refractivity contribution in [1.29, 1.82) is 0 Å². The second kappa shape index (κ2) is 30.0. The maximum atomic E-state index is 15.4. The molecule has 4 aromatic carbocycles. The Morgan fingerprint density at radius 1 is 0.719 bits per heavy atom. The monoisotopic (exact) mass is 1460 g/mol. The summed E-state index contributed by atoms with van der Waals surface area (Å²) in [7, 11) is -28.2. The predicted molar refractivity (Wildman–Crippen MR) is 344 cm³/mol. The van der Waals surface area contributed by atoms with Gasteiger partial charge < -0.3 is 35.2 Å². The number of sulfone groups is 1. The van der Waals surface area contributed by atoms with Gasteiger partial charge in [-0.05, 0) is 129 Å². The molecule has 10 N–H and O–H groups in total. The van der Waals surface area contributed by atoms with Gasteiger partial charge in [0.05, 0.1) is 58.0 Å². The highest BCUT2D eigenvalue weighted by molar-refractivity contribution is 7.91. The molecule has 0 bridgehead atoms. The summed E-state index contributed by atoms with van der Waals surface area (Å²) in [6.45, 7) is 5.13. The zero-order valence-corrected chi connectivity index (χ0v) is 57.1. The van der Waals surface area contributed by atoms with Crippen LogP contribution in [-0.2, 0) is 91.9 Å². The number of halogens is 3. The number of ether oxygens (including phenoxy) is 2. The van der Waals surface area contributed by atoms with Gasteiger partial charge in [-0.2, -0.15) is 38.2 Å². The highest BCUT2D eigenvalue weighted by Gasteiger charge is 2.46. The Hall–Kier alpha value is -6.94. The number of carboxylic acid groups (broad SMARTS) is 1. The molecule has 1 aliphatic carbocycles. The van der Waals surface area contributed by atoms with Gasteiger partial charge in [-0.15, -0.1) is 0 Å². The van der Waals surface area contributed by atoms with Crippen LogP contribution in [0.25, 0.3) is 0 Å². The molecular weight excluding hydrogens is 1390 g/mol. The average molecular weight is 1470 g/mol. The van der Waals surface area contributed by atoms with Crippen molar-refractivity contribution in [3.63, 3.8) is 0 Å². The lowest BCUT2D eigenvalue weighted by molar-refractivity contribution is -0.438. The number of anilines is 2. The second-order valence-corrected chi connectivity index (χ2v) is 33.3. The van der Waals surface area contributed by atoms with Crippen LogP contribution in [0, 0.1) is 17.5 Å². The Labute approximate surface area is 554 Å². The van der Waals surface area contributed by atoms with Crippen molar-refractivity contribution in [3.05, 3.63) is 142 Å². The molecule has 526 valence electrons. The van der Waals surface area contributed by atoms with Crippen molar-refractivity contribution >= 4 is 95.0 Å². The third kappa shape index (κ3) is 18.6. The largest absolute Gasteiger partial charge is 0.480 e. The van der Waals surface area contributed by atoms with Crippen LogP contribution in [0.2, 0.25) is 0 Å². The number of unbranched alkanes of at least 4 members (excludes halogenated alkanes) is 2. The number of aliphatic carboxylic acids is 1. The molecule has 1 atom stereocenters. The van der Waals surface area contributed by atoms with E-state index in [1.807, 2.05) is 61.5 Å². The van der Waals surface area contributed by atoms with Gasteiger partial charge in [-0.25, -0.2) is 39.9 Å². The molecule has 3 aliphatic rings. The quantitative estimate of drug-likeness (QED) is 0.0116. The van der Waals surface area contributed by atoms with Gasteiger partial charge in [-0.3, -0.25) is 23.0 Å². The highest BCUT2D eigenvalue weighted by atomic mass is 32.2. The number of hydrogen-bond acceptors (Lipinski definition) is 19. The molecule has 0 aromatic heterocycles. The van der Waals surface area contributed by atoms with Crippen LogP contribution >= 0.6 is 0 Å². The Morgan fingerprint density at radius 3 is 1.92 bits per heavy atom. The summed E-state index contributed by atoms with van der Waals surface area (Å²) in [5.74, 6) is -10.7. The van der Waals surface area contributed by atoms with Crippen molar-refractivity contribution < 1.29 is 116 Å². The number of nitrogens with one attached hydrogen (secondary N) is 2. The van der Waals surface area contributed by atoms with Gasteiger partial charge in [0.1, 0.15) is 29.0 Å². The minimum Gasteiger partial charge on any atom is -0.480 e. The number of amides is 1. The fourth-order valence-corrected chi connectivity index (χ4v) is 15.6. The Bertz CT molecular complexity index is 4600. The number of fused-ring (bicyclic) bond motifs is 2. The van der Waals surface area contributed by atoms with Crippen molar-refractivity contribution in [1.82, 2.24) is 5.32 Å². The Morgan fingerprint density at radius 2 is 1.32 bits per heavy atom. The van der Waals surface area contributed by atoms with Crippen LogP contribution in [0.3, 0.4) is 0 Å². The zero-order chi connectivity index (χ0) is 71.3. The number of rotatable bonds is 32. The zero-order valence-electron chi connectivity index (χ0n) is 52.2. The normalized spacial score (nSPS) is 17.2. The van der Waals surface area contributed by atoms with Gasteiger partial charge >= 0.3 is 5.97 Å². The molecule has 2 aliphatic heterocycles. The summed E-state index contributed by atoms with van der Waals surface area (Å²) < 4.78 is 244. The minimum absolute atomic E-state index is 0.0667. The van der Waals surface area contributed by atoms with Gasteiger partial charge in [0, 0.05) is 66.9 Å². The number of benzene rings is 4. The van der Waals surface area contributed by atoms with E-state index >= 15 is 8.78 Å². The van der Waals surface area contributed by atoms with Crippen molar-refractivity contribution in [3.8, 4) is 5.75 Å². The number of carbonyl (C=O) groups excluding carboxylic acids is 1. The number of primary sulfonamides is 1. The molecular formula is C60H73F3N5O22S6+. The van der Waals surface area contributed by atoms with E-state index in [2.05, 4.69) is 10.6 Å². The number of nitrogens with zero attached hydrogens (tertiary/aromatic N) is 2. The molecule has 0 saturated heterocycles. The fraction of sp³-hybridized carbons (Fsp3) is 0.417. The van der Waals surface area contributed by atoms with Gasteiger partial charge in [-0.1, -0.05) is 32.1 Å². The van der Waals surface area contributed by atoms with Crippen molar-refractivity contribution in [2.75, 3.05) is 66.9 Å². The summed E-state index contributed by atoms with van der Waals surface area (Å²) in [5, 5.41) is 28.8. The fourth-order valence-electron chi connectivity index (χ4n) is 11.5. The molecule has 96 heavy (non-hydrogen) atoms. The first-order chi connectivity index (χ1) is 44.5. The van der Waals surface area contributed by atoms with Crippen LogP contribution in [0.15, 0.2) is 127 Å². The molecule has 1 amide bonds. The van der Waals surface area contributed by atoms with Crippen LogP contribution in [0.4, 0.5) is 30.2 Å². The van der Waals surface area contributed by atoms with E-state index in [1.54, 1.807) is 24.3 Å². The lowest BCUT2D eigenvalue weighted by Gasteiger charge is -2.27. The first-order valence-electron chi connectivity index (χ1n) is 29.5. The number of aliphatic hydroxyl groups excluding tert-OH is 1. The molecule has 0 unspecified atom stereocenters. The lowest BCUT2D eigenvalue weighted by Crippen LogP contribution is -2.42. The summed E-state index contributed by atoms with van der Waals surface area (Å²) in [6, 6.07) is 12.9. The number of hydrogen-bond donors (Lipinski definition) is 9. The van der Waals surface area contributed by atoms with Crippen molar-refractivity contribution in [2.24, 2.45) is 5.14 Å². The maximum absolute atomic E-state index is 15.4. The number of sulfonamides is 1.